The zero-order valence-corrected chi connectivity index (χ0v) is 18.2. The largest absolute Gasteiger partial charge is 0.480 e. The van der Waals surface area contributed by atoms with E-state index in [1.807, 2.05) is 34.9 Å². The quantitative estimate of drug-likeness (QED) is 0.478. The van der Waals surface area contributed by atoms with Gasteiger partial charge in [0, 0.05) is 51.3 Å². The van der Waals surface area contributed by atoms with Crippen molar-refractivity contribution in [1.29, 1.82) is 0 Å². The molecule has 0 saturated carbocycles. The number of pyridine rings is 1. The Bertz CT molecular complexity index is 1250. The van der Waals surface area contributed by atoms with Gasteiger partial charge in [-0.3, -0.25) is 14.3 Å². The Morgan fingerprint density at radius 2 is 1.67 bits per heavy atom. The molecule has 33 heavy (non-hydrogen) atoms. The predicted octanol–water partition coefficient (Wildman–Crippen LogP) is 2.06. The van der Waals surface area contributed by atoms with E-state index in [-0.39, 0.29) is 6.54 Å². The fraction of sp³-hybridized carbons (Fsp3) is 0.261. The maximum atomic E-state index is 11.4. The van der Waals surface area contributed by atoms with E-state index in [0.29, 0.717) is 22.9 Å². The molecule has 1 fully saturated rings. The van der Waals surface area contributed by atoms with Gasteiger partial charge in [0.1, 0.15) is 12.9 Å². The van der Waals surface area contributed by atoms with Crippen molar-refractivity contribution < 1.29 is 9.90 Å². The minimum absolute atomic E-state index is 0.185. The second-order valence-corrected chi connectivity index (χ2v) is 7.90. The first-order chi connectivity index (χ1) is 16.1. The molecule has 10 heteroatoms. The summed E-state index contributed by atoms with van der Waals surface area (Å²) in [5.41, 5.74) is 3.26. The fourth-order valence-electron chi connectivity index (χ4n) is 4.06. The van der Waals surface area contributed by atoms with Crippen LogP contribution in [0.5, 0.6) is 0 Å². The highest BCUT2D eigenvalue weighted by molar-refractivity contribution is 5.87. The normalized spacial score (nSPS) is 14.0. The molecule has 168 valence electrons. The van der Waals surface area contributed by atoms with E-state index in [9.17, 15) is 9.90 Å². The Kier molecular flexibility index (Phi) is 5.47. The first-order valence-electron chi connectivity index (χ1n) is 10.7. The highest BCUT2D eigenvalue weighted by Gasteiger charge is 2.24. The third kappa shape index (κ3) is 4.14. The SMILES string of the molecule is CN(CC(=O)O)c1nc(N2CCN(c3ccccc3)CC2)nc2c1ncn2-c1ccncc1. The number of piperazine rings is 1. The van der Waals surface area contributed by atoms with Crippen LogP contribution in [-0.2, 0) is 4.79 Å². The van der Waals surface area contributed by atoms with Crippen molar-refractivity contribution in [2.45, 2.75) is 0 Å². The molecule has 0 amide bonds. The number of likely N-dealkylation sites (N-methyl/N-ethyl adjacent to an activating group) is 1. The van der Waals surface area contributed by atoms with Gasteiger partial charge in [0.25, 0.3) is 0 Å². The van der Waals surface area contributed by atoms with E-state index in [4.69, 9.17) is 9.97 Å². The van der Waals surface area contributed by atoms with Crippen LogP contribution >= 0.6 is 0 Å². The Morgan fingerprint density at radius 1 is 0.970 bits per heavy atom. The van der Waals surface area contributed by atoms with Gasteiger partial charge in [0.2, 0.25) is 5.95 Å². The van der Waals surface area contributed by atoms with Gasteiger partial charge in [-0.2, -0.15) is 9.97 Å². The van der Waals surface area contributed by atoms with Crippen LogP contribution in [0.25, 0.3) is 16.9 Å². The molecule has 10 nitrogen and oxygen atoms in total. The minimum Gasteiger partial charge on any atom is -0.480 e. The van der Waals surface area contributed by atoms with Gasteiger partial charge in [-0.15, -0.1) is 0 Å². The molecule has 0 spiro atoms. The highest BCUT2D eigenvalue weighted by atomic mass is 16.4. The van der Waals surface area contributed by atoms with Gasteiger partial charge in [0.05, 0.1) is 5.69 Å². The zero-order valence-electron chi connectivity index (χ0n) is 18.2. The molecule has 5 rings (SSSR count). The molecule has 0 aliphatic carbocycles. The Labute approximate surface area is 190 Å². The molecule has 4 aromatic rings. The van der Waals surface area contributed by atoms with Gasteiger partial charge in [-0.25, -0.2) is 4.98 Å². The number of benzene rings is 1. The van der Waals surface area contributed by atoms with Crippen LogP contribution in [0.15, 0.2) is 61.2 Å². The first-order valence-corrected chi connectivity index (χ1v) is 10.7. The van der Waals surface area contributed by atoms with E-state index in [1.54, 1.807) is 30.7 Å². The van der Waals surface area contributed by atoms with Crippen molar-refractivity contribution in [3.63, 3.8) is 0 Å². The van der Waals surface area contributed by atoms with Gasteiger partial charge in [-0.05, 0) is 24.3 Å². The second-order valence-electron chi connectivity index (χ2n) is 7.90. The summed E-state index contributed by atoms with van der Waals surface area (Å²) in [6.07, 6.45) is 5.11. The van der Waals surface area contributed by atoms with Crippen molar-refractivity contribution in [3.8, 4) is 5.69 Å². The number of aromatic nitrogens is 5. The first kappa shape index (κ1) is 20.7. The summed E-state index contributed by atoms with van der Waals surface area (Å²) in [7, 11) is 1.71. The number of rotatable bonds is 6. The smallest absolute Gasteiger partial charge is 0.323 e. The van der Waals surface area contributed by atoms with Crippen molar-refractivity contribution in [1.82, 2.24) is 24.5 Å². The van der Waals surface area contributed by atoms with Crippen LogP contribution in [0, 0.1) is 0 Å². The zero-order chi connectivity index (χ0) is 22.8. The summed E-state index contributed by atoms with van der Waals surface area (Å²) >= 11 is 0. The Balaban J connectivity index is 1.51. The topological polar surface area (TPSA) is 104 Å². The molecule has 4 heterocycles. The third-order valence-corrected chi connectivity index (χ3v) is 5.72. The van der Waals surface area contributed by atoms with Crippen molar-refractivity contribution in [2.75, 3.05) is 54.5 Å². The lowest BCUT2D eigenvalue weighted by Gasteiger charge is -2.36. The number of anilines is 3. The van der Waals surface area contributed by atoms with Gasteiger partial charge in [0.15, 0.2) is 17.0 Å². The van der Waals surface area contributed by atoms with Crippen LogP contribution in [0.1, 0.15) is 0 Å². The summed E-state index contributed by atoms with van der Waals surface area (Å²) in [4.78, 5) is 35.7. The average molecular weight is 444 g/mol. The lowest BCUT2D eigenvalue weighted by Crippen LogP contribution is -2.47. The number of imidazole rings is 1. The van der Waals surface area contributed by atoms with E-state index >= 15 is 0 Å². The number of carboxylic acid groups (broad SMARTS) is 1. The maximum absolute atomic E-state index is 11.4. The lowest BCUT2D eigenvalue weighted by molar-refractivity contribution is -0.135. The summed E-state index contributed by atoms with van der Waals surface area (Å²) in [5.74, 6) is 0.129. The van der Waals surface area contributed by atoms with Crippen LogP contribution in [0.3, 0.4) is 0 Å². The van der Waals surface area contributed by atoms with Gasteiger partial charge in [-0.1, -0.05) is 18.2 Å². The summed E-state index contributed by atoms with van der Waals surface area (Å²) in [6, 6.07) is 14.1. The number of para-hydroxylation sites is 1. The molecule has 1 N–H and O–H groups in total. The van der Waals surface area contributed by atoms with Crippen LogP contribution in [0.2, 0.25) is 0 Å². The highest BCUT2D eigenvalue weighted by Crippen LogP contribution is 2.27. The molecule has 1 saturated heterocycles. The molecular weight excluding hydrogens is 420 g/mol. The van der Waals surface area contributed by atoms with Crippen molar-refractivity contribution >= 4 is 34.6 Å². The fourth-order valence-corrected chi connectivity index (χ4v) is 4.06. The Hall–Kier alpha value is -4.21. The lowest BCUT2D eigenvalue weighted by atomic mass is 10.2. The number of fused-ring (bicyclic) bond motifs is 1. The monoisotopic (exact) mass is 444 g/mol. The van der Waals surface area contributed by atoms with Crippen LogP contribution in [0.4, 0.5) is 17.5 Å². The standard InChI is InChI=1S/C23H24N8O2/c1-28(15-19(32)33)21-20-22(31(16-25-20)18-7-9-24-10-8-18)27-23(26-21)30-13-11-29(12-14-30)17-5-3-2-4-6-17/h2-10,16H,11-15H2,1H3,(H,32,33). The molecule has 1 aliphatic heterocycles. The molecule has 1 aromatic carbocycles. The molecule has 0 unspecified atom stereocenters. The summed E-state index contributed by atoms with van der Waals surface area (Å²) < 4.78 is 1.88. The van der Waals surface area contributed by atoms with E-state index in [0.717, 1.165) is 31.9 Å². The second kappa shape index (κ2) is 8.73. The van der Waals surface area contributed by atoms with E-state index < -0.39 is 5.97 Å². The number of nitrogens with zero attached hydrogens (tertiary/aromatic N) is 8. The number of carbonyl (C=O) groups is 1. The number of aliphatic carboxylic acids is 1. The predicted molar refractivity (Wildman–Crippen MR) is 126 cm³/mol. The minimum atomic E-state index is -0.934. The third-order valence-electron chi connectivity index (χ3n) is 5.72. The summed E-state index contributed by atoms with van der Waals surface area (Å²) in [5, 5.41) is 9.32. The average Bonchev–Trinajstić information content (AvgIpc) is 3.28. The molecular formula is C23H24N8O2. The van der Waals surface area contributed by atoms with Crippen LogP contribution < -0.4 is 14.7 Å². The van der Waals surface area contributed by atoms with Crippen molar-refractivity contribution in [2.24, 2.45) is 0 Å². The van der Waals surface area contributed by atoms with Crippen LogP contribution in [-0.4, -0.2) is 75.4 Å². The number of hydrogen-bond donors (Lipinski definition) is 1. The van der Waals surface area contributed by atoms with Crippen molar-refractivity contribution in [3.05, 3.63) is 61.2 Å². The number of hydrogen-bond acceptors (Lipinski definition) is 8. The molecule has 0 radical (unpaired) electrons. The maximum Gasteiger partial charge on any atom is 0.323 e. The van der Waals surface area contributed by atoms with Gasteiger partial charge >= 0.3 is 5.97 Å². The number of carboxylic acids is 1. The van der Waals surface area contributed by atoms with Gasteiger partial charge < -0.3 is 19.8 Å². The molecule has 3 aromatic heterocycles. The molecule has 0 atom stereocenters. The van der Waals surface area contributed by atoms with E-state index in [1.165, 1.54) is 5.69 Å². The Morgan fingerprint density at radius 3 is 2.36 bits per heavy atom. The molecule has 0 bridgehead atoms. The molecule has 1 aliphatic rings. The van der Waals surface area contributed by atoms with E-state index in [2.05, 4.69) is 31.9 Å². The summed E-state index contributed by atoms with van der Waals surface area (Å²) in [6.45, 7) is 3.01.